The van der Waals surface area contributed by atoms with Crippen molar-refractivity contribution in [3.63, 3.8) is 0 Å². The first kappa shape index (κ1) is 20.5. The summed E-state index contributed by atoms with van der Waals surface area (Å²) < 4.78 is 10.6. The predicted octanol–water partition coefficient (Wildman–Crippen LogP) is 2.72. The molecule has 1 saturated heterocycles. The first-order valence-electron chi connectivity index (χ1n) is 9.99. The van der Waals surface area contributed by atoms with Gasteiger partial charge in [-0.25, -0.2) is 9.78 Å². The van der Waals surface area contributed by atoms with Crippen LogP contribution in [-0.4, -0.2) is 54.4 Å². The first-order valence-corrected chi connectivity index (χ1v) is 9.99. The molecule has 1 aromatic heterocycles. The second kappa shape index (κ2) is 8.55. The van der Waals surface area contributed by atoms with Crippen molar-refractivity contribution >= 4 is 28.5 Å². The Hall–Kier alpha value is -3.75. The van der Waals surface area contributed by atoms with Gasteiger partial charge in [0.1, 0.15) is 0 Å². The van der Waals surface area contributed by atoms with Gasteiger partial charge in [-0.3, -0.25) is 9.78 Å². The molecule has 0 saturated carbocycles. The number of carbonyl (C=O) groups is 1. The third-order valence-corrected chi connectivity index (χ3v) is 5.50. The molecule has 2 aromatic carbocycles. The molecular weight excluding hydrogens is 400 g/mol. The standard InChI is InChI=1S/C22H24N4O5/c1-30-18-11-16-17(12-19(18)31-2)24-22(25-20(16)27)26-9-7-15(8-10-26)23-14-5-3-13(4-6-14)21(28)29/h3-6,11-12,15,23H,7-10H2,1-2H3,(H,28,29)(H,24,25,27). The van der Waals surface area contributed by atoms with E-state index in [0.717, 1.165) is 31.6 Å². The molecule has 1 fully saturated rings. The lowest BCUT2D eigenvalue weighted by atomic mass is 10.0. The van der Waals surface area contributed by atoms with Crippen LogP contribution in [0.4, 0.5) is 11.6 Å². The van der Waals surface area contributed by atoms with E-state index < -0.39 is 5.97 Å². The van der Waals surface area contributed by atoms with Crippen molar-refractivity contribution in [3.8, 4) is 11.5 Å². The number of aromatic nitrogens is 2. The number of aromatic amines is 1. The highest BCUT2D eigenvalue weighted by Crippen LogP contribution is 2.30. The molecule has 0 bridgehead atoms. The molecule has 31 heavy (non-hydrogen) atoms. The van der Waals surface area contributed by atoms with Crippen LogP contribution in [0.2, 0.25) is 0 Å². The summed E-state index contributed by atoms with van der Waals surface area (Å²) in [7, 11) is 3.07. The summed E-state index contributed by atoms with van der Waals surface area (Å²) in [4.78, 5) is 33.2. The zero-order chi connectivity index (χ0) is 22.0. The van der Waals surface area contributed by atoms with Gasteiger partial charge in [-0.2, -0.15) is 0 Å². The van der Waals surface area contributed by atoms with Gasteiger partial charge in [0.05, 0.1) is 30.7 Å². The Morgan fingerprint density at radius 3 is 2.39 bits per heavy atom. The first-order chi connectivity index (χ1) is 15.0. The zero-order valence-electron chi connectivity index (χ0n) is 17.3. The van der Waals surface area contributed by atoms with Crippen molar-refractivity contribution in [2.45, 2.75) is 18.9 Å². The number of nitrogens with one attached hydrogen (secondary N) is 2. The highest BCUT2D eigenvalue weighted by molar-refractivity contribution is 5.88. The molecule has 0 unspecified atom stereocenters. The summed E-state index contributed by atoms with van der Waals surface area (Å²) in [5.41, 5.74) is 1.48. The van der Waals surface area contributed by atoms with Crippen LogP contribution in [0.5, 0.6) is 11.5 Å². The lowest BCUT2D eigenvalue weighted by molar-refractivity contribution is 0.0697. The second-order valence-corrected chi connectivity index (χ2v) is 7.40. The molecule has 3 aromatic rings. The smallest absolute Gasteiger partial charge is 0.335 e. The van der Waals surface area contributed by atoms with E-state index in [2.05, 4.69) is 20.2 Å². The highest BCUT2D eigenvalue weighted by Gasteiger charge is 2.22. The van der Waals surface area contributed by atoms with E-state index in [1.807, 2.05) is 0 Å². The summed E-state index contributed by atoms with van der Waals surface area (Å²) in [6, 6.07) is 10.3. The number of methoxy groups -OCH3 is 2. The molecule has 9 heteroatoms. The number of ether oxygens (including phenoxy) is 2. The lowest BCUT2D eigenvalue weighted by Crippen LogP contribution is -2.40. The normalized spacial score (nSPS) is 14.5. The van der Waals surface area contributed by atoms with Crippen LogP contribution in [0, 0.1) is 0 Å². The van der Waals surface area contributed by atoms with Crippen LogP contribution in [-0.2, 0) is 0 Å². The van der Waals surface area contributed by atoms with E-state index in [1.54, 1.807) is 43.5 Å². The fourth-order valence-corrected chi connectivity index (χ4v) is 3.78. The number of piperidine rings is 1. The van der Waals surface area contributed by atoms with Gasteiger partial charge in [-0.05, 0) is 43.2 Å². The molecule has 0 radical (unpaired) electrons. The maximum absolute atomic E-state index is 12.6. The molecule has 0 atom stereocenters. The minimum Gasteiger partial charge on any atom is -0.493 e. The van der Waals surface area contributed by atoms with Gasteiger partial charge in [0.2, 0.25) is 5.95 Å². The predicted molar refractivity (Wildman–Crippen MR) is 118 cm³/mol. The fraction of sp³-hybridized carbons (Fsp3) is 0.318. The van der Waals surface area contributed by atoms with Crippen LogP contribution in [0.3, 0.4) is 0 Å². The Morgan fingerprint density at radius 2 is 1.77 bits per heavy atom. The average molecular weight is 424 g/mol. The van der Waals surface area contributed by atoms with Crippen molar-refractivity contribution < 1.29 is 19.4 Å². The number of aromatic carboxylic acids is 1. The van der Waals surface area contributed by atoms with Crippen molar-refractivity contribution in [1.82, 2.24) is 9.97 Å². The van der Waals surface area contributed by atoms with Gasteiger partial charge >= 0.3 is 5.97 Å². The largest absolute Gasteiger partial charge is 0.493 e. The molecule has 1 aliphatic rings. The number of carboxylic acid groups (broad SMARTS) is 1. The van der Waals surface area contributed by atoms with E-state index in [1.165, 1.54) is 7.11 Å². The maximum atomic E-state index is 12.6. The highest BCUT2D eigenvalue weighted by atomic mass is 16.5. The Kier molecular flexibility index (Phi) is 5.66. The van der Waals surface area contributed by atoms with E-state index >= 15 is 0 Å². The Morgan fingerprint density at radius 1 is 1.13 bits per heavy atom. The third-order valence-electron chi connectivity index (χ3n) is 5.50. The number of fused-ring (bicyclic) bond motifs is 1. The number of nitrogens with zero attached hydrogens (tertiary/aromatic N) is 2. The van der Waals surface area contributed by atoms with Gasteiger partial charge in [0.15, 0.2) is 11.5 Å². The van der Waals surface area contributed by atoms with Crippen LogP contribution in [0.15, 0.2) is 41.2 Å². The van der Waals surface area contributed by atoms with Crippen molar-refractivity contribution in [2.24, 2.45) is 0 Å². The molecule has 1 aliphatic heterocycles. The van der Waals surface area contributed by atoms with Crippen LogP contribution >= 0.6 is 0 Å². The number of hydrogen-bond donors (Lipinski definition) is 3. The summed E-state index contributed by atoms with van der Waals surface area (Å²) in [5.74, 6) is 0.607. The molecule has 0 spiro atoms. The van der Waals surface area contributed by atoms with Gasteiger partial charge < -0.3 is 24.8 Å². The number of rotatable bonds is 6. The summed E-state index contributed by atoms with van der Waals surface area (Å²) in [6.07, 6.45) is 1.71. The topological polar surface area (TPSA) is 117 Å². The maximum Gasteiger partial charge on any atom is 0.335 e. The second-order valence-electron chi connectivity index (χ2n) is 7.40. The lowest BCUT2D eigenvalue weighted by Gasteiger charge is -2.33. The molecule has 0 aliphatic carbocycles. The summed E-state index contributed by atoms with van der Waals surface area (Å²) in [5, 5.41) is 12.9. The third kappa shape index (κ3) is 4.25. The van der Waals surface area contributed by atoms with Gasteiger partial charge in [-0.1, -0.05) is 0 Å². The quantitative estimate of drug-likeness (QED) is 0.553. The molecule has 0 amide bonds. The minimum absolute atomic E-state index is 0.222. The van der Waals surface area contributed by atoms with Crippen molar-refractivity contribution in [1.29, 1.82) is 0 Å². The SMILES string of the molecule is COc1cc2nc(N3CCC(Nc4ccc(C(=O)O)cc4)CC3)[nH]c(=O)c2cc1OC. The molecule has 9 nitrogen and oxygen atoms in total. The number of carboxylic acids is 1. The molecular formula is C22H24N4O5. The monoisotopic (exact) mass is 424 g/mol. The number of H-pyrrole nitrogens is 1. The zero-order valence-corrected chi connectivity index (χ0v) is 17.3. The summed E-state index contributed by atoms with van der Waals surface area (Å²) in [6.45, 7) is 1.46. The van der Waals surface area contributed by atoms with Crippen LogP contribution in [0.25, 0.3) is 10.9 Å². The van der Waals surface area contributed by atoms with E-state index in [0.29, 0.717) is 28.4 Å². The Labute approximate surface area is 178 Å². The average Bonchev–Trinajstić information content (AvgIpc) is 2.79. The molecule has 4 rings (SSSR count). The van der Waals surface area contributed by atoms with Gasteiger partial charge in [0.25, 0.3) is 5.56 Å². The van der Waals surface area contributed by atoms with E-state index in [4.69, 9.17) is 14.6 Å². The number of hydrogen-bond acceptors (Lipinski definition) is 7. The molecule has 162 valence electrons. The van der Waals surface area contributed by atoms with Crippen LogP contribution < -0.4 is 25.2 Å². The van der Waals surface area contributed by atoms with E-state index in [-0.39, 0.29) is 17.2 Å². The van der Waals surface area contributed by atoms with Gasteiger partial charge in [-0.15, -0.1) is 0 Å². The molecule has 3 N–H and O–H groups in total. The summed E-state index contributed by atoms with van der Waals surface area (Å²) >= 11 is 0. The van der Waals surface area contributed by atoms with E-state index in [9.17, 15) is 9.59 Å². The number of benzene rings is 2. The number of anilines is 2. The van der Waals surface area contributed by atoms with Crippen molar-refractivity contribution in [3.05, 3.63) is 52.3 Å². The Balaban J connectivity index is 1.46. The Bertz CT molecular complexity index is 1150. The molecule has 2 heterocycles. The van der Waals surface area contributed by atoms with Crippen LogP contribution in [0.1, 0.15) is 23.2 Å². The minimum atomic E-state index is -0.937. The van der Waals surface area contributed by atoms with Crippen molar-refractivity contribution in [2.75, 3.05) is 37.5 Å². The fourth-order valence-electron chi connectivity index (χ4n) is 3.78. The van der Waals surface area contributed by atoms with Gasteiger partial charge in [0, 0.05) is 30.9 Å².